The third-order valence-electron chi connectivity index (χ3n) is 3.94. The van der Waals surface area contributed by atoms with Crippen molar-refractivity contribution in [3.63, 3.8) is 0 Å². The van der Waals surface area contributed by atoms with E-state index in [1.165, 1.54) is 38.6 Å². The van der Waals surface area contributed by atoms with Crippen molar-refractivity contribution in [1.82, 2.24) is 10.2 Å². The Balaban J connectivity index is 2.00. The number of hydrogen-bond donors (Lipinski definition) is 1. The minimum absolute atomic E-state index is 0.603. The van der Waals surface area contributed by atoms with Crippen molar-refractivity contribution in [2.75, 3.05) is 20.6 Å². The molecule has 2 rings (SSSR count). The van der Waals surface area contributed by atoms with Crippen LogP contribution in [0.2, 0.25) is 0 Å². The van der Waals surface area contributed by atoms with Gasteiger partial charge in [0, 0.05) is 11.6 Å². The van der Waals surface area contributed by atoms with Crippen LogP contribution < -0.4 is 5.32 Å². The van der Waals surface area contributed by atoms with E-state index in [4.69, 9.17) is 0 Å². The summed E-state index contributed by atoms with van der Waals surface area (Å²) in [6.45, 7) is 1.28. The average molecular weight is 168 g/mol. The number of nitrogens with one attached hydrogen (secondary N) is 1. The van der Waals surface area contributed by atoms with Gasteiger partial charge in [-0.15, -0.1) is 0 Å². The number of likely N-dealkylation sites (tertiary alicyclic amines) is 1. The van der Waals surface area contributed by atoms with Gasteiger partial charge in [-0.25, -0.2) is 0 Å². The first-order valence-corrected chi connectivity index (χ1v) is 5.15. The zero-order valence-corrected chi connectivity index (χ0v) is 8.27. The molecule has 0 bridgehead atoms. The highest BCUT2D eigenvalue weighted by molar-refractivity contribution is 5.02. The first-order valence-electron chi connectivity index (χ1n) is 5.15. The molecule has 0 amide bonds. The van der Waals surface area contributed by atoms with Gasteiger partial charge in [0.05, 0.1) is 0 Å². The summed E-state index contributed by atoms with van der Waals surface area (Å²) in [5.74, 6) is 0. The third kappa shape index (κ3) is 1.17. The Hall–Kier alpha value is -0.0800. The van der Waals surface area contributed by atoms with Gasteiger partial charge < -0.3 is 10.2 Å². The summed E-state index contributed by atoms with van der Waals surface area (Å²) in [7, 11) is 4.40. The summed E-state index contributed by atoms with van der Waals surface area (Å²) in [5, 5.41) is 3.42. The topological polar surface area (TPSA) is 15.3 Å². The zero-order valence-electron chi connectivity index (χ0n) is 8.27. The predicted octanol–water partition coefficient (Wildman–Crippen LogP) is 1.22. The molecule has 0 aromatic heterocycles. The molecule has 1 atom stereocenters. The van der Waals surface area contributed by atoms with Gasteiger partial charge >= 0.3 is 0 Å². The van der Waals surface area contributed by atoms with Crippen LogP contribution in [-0.4, -0.2) is 37.1 Å². The van der Waals surface area contributed by atoms with Crippen molar-refractivity contribution in [2.24, 2.45) is 0 Å². The molecular formula is C10H20N2. The van der Waals surface area contributed by atoms with Crippen molar-refractivity contribution in [1.29, 1.82) is 0 Å². The second-order valence-electron chi connectivity index (χ2n) is 4.48. The summed E-state index contributed by atoms with van der Waals surface area (Å²) < 4.78 is 0. The number of hydrogen-bond acceptors (Lipinski definition) is 2. The molecule has 70 valence electrons. The van der Waals surface area contributed by atoms with Crippen molar-refractivity contribution in [3.05, 3.63) is 0 Å². The summed E-state index contributed by atoms with van der Waals surface area (Å²) in [5.41, 5.74) is 0.603. The van der Waals surface area contributed by atoms with Crippen LogP contribution in [0.4, 0.5) is 0 Å². The second-order valence-corrected chi connectivity index (χ2v) is 4.48. The molecule has 1 unspecified atom stereocenters. The molecule has 1 aliphatic carbocycles. The van der Waals surface area contributed by atoms with Crippen molar-refractivity contribution < 1.29 is 0 Å². The van der Waals surface area contributed by atoms with Gasteiger partial charge in [-0.3, -0.25) is 0 Å². The SMILES string of the molecule is CNC1CCN(C)C2(CCC2)C1. The number of piperidine rings is 1. The molecule has 1 heterocycles. The predicted molar refractivity (Wildman–Crippen MR) is 51.3 cm³/mol. The normalized spacial score (nSPS) is 35.0. The Morgan fingerprint density at radius 1 is 1.42 bits per heavy atom. The van der Waals surface area contributed by atoms with Gasteiger partial charge in [0.15, 0.2) is 0 Å². The summed E-state index contributed by atoms with van der Waals surface area (Å²) in [6.07, 6.45) is 7.01. The van der Waals surface area contributed by atoms with Crippen LogP contribution in [0.3, 0.4) is 0 Å². The Morgan fingerprint density at radius 3 is 2.67 bits per heavy atom. The molecule has 12 heavy (non-hydrogen) atoms. The molecule has 1 N–H and O–H groups in total. The maximum Gasteiger partial charge on any atom is 0.0221 e. The van der Waals surface area contributed by atoms with Crippen LogP contribution in [0.15, 0.2) is 0 Å². The molecule has 0 aromatic carbocycles. The zero-order chi connectivity index (χ0) is 8.60. The van der Waals surface area contributed by atoms with Crippen LogP contribution in [0.5, 0.6) is 0 Å². The van der Waals surface area contributed by atoms with E-state index in [-0.39, 0.29) is 0 Å². The fourth-order valence-corrected chi connectivity index (χ4v) is 2.72. The highest BCUT2D eigenvalue weighted by atomic mass is 15.2. The molecule has 0 aromatic rings. The lowest BCUT2D eigenvalue weighted by atomic mass is 9.69. The first-order chi connectivity index (χ1) is 5.77. The molecule has 2 fully saturated rings. The fourth-order valence-electron chi connectivity index (χ4n) is 2.72. The molecule has 1 saturated heterocycles. The van der Waals surface area contributed by atoms with E-state index in [1.54, 1.807) is 0 Å². The van der Waals surface area contributed by atoms with Gasteiger partial charge in [0.2, 0.25) is 0 Å². The van der Waals surface area contributed by atoms with Gasteiger partial charge in [-0.2, -0.15) is 0 Å². The molecule has 1 aliphatic heterocycles. The van der Waals surface area contributed by atoms with Crippen LogP contribution >= 0.6 is 0 Å². The first kappa shape index (κ1) is 8.52. The van der Waals surface area contributed by atoms with Crippen molar-refractivity contribution >= 4 is 0 Å². The summed E-state index contributed by atoms with van der Waals surface area (Å²) >= 11 is 0. The van der Waals surface area contributed by atoms with E-state index in [0.717, 1.165) is 6.04 Å². The minimum Gasteiger partial charge on any atom is -0.317 e. The lowest BCUT2D eigenvalue weighted by Crippen LogP contribution is -2.59. The summed E-state index contributed by atoms with van der Waals surface area (Å²) in [6, 6.07) is 0.779. The molecular weight excluding hydrogens is 148 g/mol. The van der Waals surface area contributed by atoms with Crippen molar-refractivity contribution in [3.8, 4) is 0 Å². The maximum atomic E-state index is 3.42. The molecule has 2 aliphatic rings. The monoisotopic (exact) mass is 168 g/mol. The van der Waals surface area contributed by atoms with E-state index in [0.29, 0.717) is 5.54 Å². The minimum atomic E-state index is 0.603. The van der Waals surface area contributed by atoms with E-state index >= 15 is 0 Å². The Bertz CT molecular complexity index is 163. The lowest BCUT2D eigenvalue weighted by Gasteiger charge is -2.54. The lowest BCUT2D eigenvalue weighted by molar-refractivity contribution is -0.00817. The highest BCUT2D eigenvalue weighted by Crippen LogP contribution is 2.43. The quantitative estimate of drug-likeness (QED) is 0.633. The summed E-state index contributed by atoms with van der Waals surface area (Å²) in [4.78, 5) is 2.59. The molecule has 0 radical (unpaired) electrons. The van der Waals surface area contributed by atoms with E-state index in [1.807, 2.05) is 0 Å². The smallest absolute Gasteiger partial charge is 0.0221 e. The largest absolute Gasteiger partial charge is 0.317 e. The maximum absolute atomic E-state index is 3.42. The average Bonchev–Trinajstić information content (AvgIpc) is 2.03. The van der Waals surface area contributed by atoms with Crippen molar-refractivity contribution in [2.45, 2.75) is 43.7 Å². The highest BCUT2D eigenvalue weighted by Gasteiger charge is 2.44. The molecule has 1 saturated carbocycles. The van der Waals surface area contributed by atoms with Gasteiger partial charge in [-0.05, 0) is 52.7 Å². The second kappa shape index (κ2) is 3.00. The molecule has 2 heteroatoms. The Morgan fingerprint density at radius 2 is 2.17 bits per heavy atom. The van der Waals surface area contributed by atoms with Crippen LogP contribution in [-0.2, 0) is 0 Å². The molecule has 2 nitrogen and oxygen atoms in total. The van der Waals surface area contributed by atoms with E-state index in [2.05, 4.69) is 24.3 Å². The van der Waals surface area contributed by atoms with Gasteiger partial charge in [-0.1, -0.05) is 0 Å². The van der Waals surface area contributed by atoms with Crippen LogP contribution in [0.25, 0.3) is 0 Å². The van der Waals surface area contributed by atoms with Crippen LogP contribution in [0, 0.1) is 0 Å². The van der Waals surface area contributed by atoms with E-state index in [9.17, 15) is 0 Å². The standard InChI is InChI=1S/C10H20N2/c1-11-9-4-7-12(2)10(8-9)5-3-6-10/h9,11H,3-8H2,1-2H3. The van der Waals surface area contributed by atoms with E-state index < -0.39 is 0 Å². The fraction of sp³-hybridized carbons (Fsp3) is 1.00. The number of rotatable bonds is 1. The van der Waals surface area contributed by atoms with Crippen LogP contribution in [0.1, 0.15) is 32.1 Å². The third-order valence-corrected chi connectivity index (χ3v) is 3.94. The Labute approximate surface area is 75.3 Å². The number of nitrogens with zero attached hydrogens (tertiary/aromatic N) is 1. The Kier molecular flexibility index (Phi) is 2.13. The van der Waals surface area contributed by atoms with Gasteiger partial charge in [0.25, 0.3) is 0 Å². The van der Waals surface area contributed by atoms with Gasteiger partial charge in [0.1, 0.15) is 0 Å². The molecule has 1 spiro atoms.